The number of fused-ring (bicyclic) bond motifs is 1. The highest BCUT2D eigenvalue weighted by molar-refractivity contribution is 5.93. The quantitative estimate of drug-likeness (QED) is 0.663. The van der Waals surface area contributed by atoms with Gasteiger partial charge in [0.05, 0.1) is 22.3 Å². The van der Waals surface area contributed by atoms with E-state index in [1.54, 1.807) is 19.1 Å². The molecule has 1 atom stereocenters. The van der Waals surface area contributed by atoms with Gasteiger partial charge in [0.15, 0.2) is 0 Å². The molecule has 2 amide bonds. The van der Waals surface area contributed by atoms with Gasteiger partial charge in [-0.15, -0.1) is 0 Å². The van der Waals surface area contributed by atoms with Gasteiger partial charge in [0.1, 0.15) is 12.4 Å². The van der Waals surface area contributed by atoms with Gasteiger partial charge in [-0.2, -0.15) is 13.2 Å². The van der Waals surface area contributed by atoms with Crippen molar-refractivity contribution in [3.8, 4) is 0 Å². The maximum absolute atomic E-state index is 13.5. The summed E-state index contributed by atoms with van der Waals surface area (Å²) in [5.41, 5.74) is 6.40. The van der Waals surface area contributed by atoms with Crippen molar-refractivity contribution in [2.75, 3.05) is 13.1 Å². The van der Waals surface area contributed by atoms with Gasteiger partial charge < -0.3 is 15.2 Å². The van der Waals surface area contributed by atoms with Crippen LogP contribution in [0.5, 0.6) is 0 Å². The summed E-state index contributed by atoms with van der Waals surface area (Å²) in [6, 6.07) is 6.21. The minimum absolute atomic E-state index is 0.183. The van der Waals surface area contributed by atoms with E-state index in [1.165, 1.54) is 23.2 Å². The molecule has 0 bridgehead atoms. The highest BCUT2D eigenvalue weighted by atomic mass is 19.4. The molecule has 8 nitrogen and oxygen atoms in total. The number of piperidine rings is 1. The van der Waals surface area contributed by atoms with Crippen molar-refractivity contribution in [1.82, 2.24) is 24.4 Å². The van der Waals surface area contributed by atoms with E-state index in [1.807, 2.05) is 0 Å². The van der Waals surface area contributed by atoms with E-state index in [9.17, 15) is 22.8 Å². The number of aryl methyl sites for hydroxylation is 1. The number of para-hydroxylation sites is 2. The van der Waals surface area contributed by atoms with Crippen LogP contribution in [-0.2, 0) is 17.5 Å². The molecular weight excluding hydrogens is 425 g/mol. The molecule has 0 radical (unpaired) electrons. The van der Waals surface area contributed by atoms with E-state index in [4.69, 9.17) is 5.73 Å². The number of hydrogen-bond donors (Lipinski definition) is 1. The highest BCUT2D eigenvalue weighted by Crippen LogP contribution is 2.32. The largest absolute Gasteiger partial charge is 0.449 e. The number of amides is 2. The Hall–Kier alpha value is -3.50. The van der Waals surface area contributed by atoms with Gasteiger partial charge in [-0.25, -0.2) is 15.0 Å². The van der Waals surface area contributed by atoms with E-state index in [-0.39, 0.29) is 29.1 Å². The topological polar surface area (TPSA) is 107 Å². The molecule has 1 saturated heterocycles. The molecule has 4 rings (SSSR count). The van der Waals surface area contributed by atoms with Gasteiger partial charge in [0.2, 0.25) is 11.7 Å². The Morgan fingerprint density at radius 2 is 1.97 bits per heavy atom. The van der Waals surface area contributed by atoms with Gasteiger partial charge in [-0.05, 0) is 31.9 Å². The Balaban J connectivity index is 1.56. The lowest BCUT2D eigenvalue weighted by Gasteiger charge is -2.32. The molecule has 2 aromatic heterocycles. The molecule has 1 aromatic carbocycles. The number of imidazole rings is 1. The molecule has 0 aliphatic carbocycles. The number of alkyl halides is 3. The third kappa shape index (κ3) is 4.14. The van der Waals surface area contributed by atoms with Crippen molar-refractivity contribution >= 4 is 22.8 Å². The summed E-state index contributed by atoms with van der Waals surface area (Å²) >= 11 is 0. The second-order valence-electron chi connectivity index (χ2n) is 7.78. The van der Waals surface area contributed by atoms with Crippen molar-refractivity contribution in [2.45, 2.75) is 38.4 Å². The van der Waals surface area contributed by atoms with Crippen LogP contribution in [0.1, 0.15) is 46.5 Å². The van der Waals surface area contributed by atoms with Crippen molar-refractivity contribution in [3.05, 3.63) is 53.4 Å². The fourth-order valence-corrected chi connectivity index (χ4v) is 4.03. The highest BCUT2D eigenvalue weighted by Gasteiger charge is 2.38. The maximum Gasteiger partial charge on any atom is 0.449 e. The molecule has 1 fully saturated rings. The maximum atomic E-state index is 13.5. The van der Waals surface area contributed by atoms with Crippen molar-refractivity contribution in [1.29, 1.82) is 0 Å². The second-order valence-corrected chi connectivity index (χ2v) is 7.78. The third-order valence-electron chi connectivity index (χ3n) is 5.60. The first kappa shape index (κ1) is 21.7. The Kier molecular flexibility index (Phi) is 5.57. The number of benzene rings is 1. The van der Waals surface area contributed by atoms with Crippen molar-refractivity contribution < 1.29 is 22.8 Å². The zero-order valence-electron chi connectivity index (χ0n) is 17.3. The zero-order chi connectivity index (χ0) is 23.0. The first-order chi connectivity index (χ1) is 15.1. The number of hydrogen-bond acceptors (Lipinski definition) is 5. The number of rotatable bonds is 4. The number of halogens is 3. The fraction of sp³-hybridized carbons (Fsp3) is 0.381. The monoisotopic (exact) mass is 446 g/mol. The van der Waals surface area contributed by atoms with E-state index < -0.39 is 30.4 Å². The molecule has 32 heavy (non-hydrogen) atoms. The molecule has 0 saturated carbocycles. The number of primary amides is 1. The molecular formula is C21H21F3N6O2. The number of likely N-dealkylation sites (tertiary alicyclic amines) is 1. The van der Waals surface area contributed by atoms with Crippen molar-refractivity contribution in [3.63, 3.8) is 0 Å². The molecule has 3 heterocycles. The first-order valence-corrected chi connectivity index (χ1v) is 10.1. The molecule has 168 valence electrons. The molecule has 1 aliphatic rings. The lowest BCUT2D eigenvalue weighted by molar-refractivity contribution is -0.148. The van der Waals surface area contributed by atoms with Crippen molar-refractivity contribution in [2.24, 2.45) is 5.73 Å². The molecule has 3 aromatic rings. The molecule has 1 unspecified atom stereocenters. The van der Waals surface area contributed by atoms with Crippen LogP contribution in [0.3, 0.4) is 0 Å². The molecule has 2 N–H and O–H groups in total. The summed E-state index contributed by atoms with van der Waals surface area (Å²) in [5.74, 6) is -1.86. The van der Waals surface area contributed by atoms with Crippen LogP contribution >= 0.6 is 0 Å². The second kappa shape index (κ2) is 8.21. The Labute approximate surface area is 181 Å². The molecule has 1 aliphatic heterocycles. The summed E-state index contributed by atoms with van der Waals surface area (Å²) in [5, 5.41) is 0. The number of carbonyl (C=O) groups excluding carboxylic acids is 2. The van der Waals surface area contributed by atoms with E-state index in [0.717, 1.165) is 11.0 Å². The third-order valence-corrected chi connectivity index (χ3v) is 5.60. The Morgan fingerprint density at radius 1 is 1.22 bits per heavy atom. The fourth-order valence-electron chi connectivity index (χ4n) is 4.03. The summed E-state index contributed by atoms with van der Waals surface area (Å²) in [4.78, 5) is 38.2. The predicted octanol–water partition coefficient (Wildman–Crippen LogP) is 2.66. The number of nitrogens with two attached hydrogens (primary N) is 1. The van der Waals surface area contributed by atoms with Gasteiger partial charge in [0.25, 0.3) is 5.91 Å². The Morgan fingerprint density at radius 3 is 2.66 bits per heavy atom. The van der Waals surface area contributed by atoms with Gasteiger partial charge in [-0.3, -0.25) is 9.59 Å². The SMILES string of the molecule is Cc1nc(C2CCCN(C(=O)Cn3c(C(F)(F)F)nc4ccccc43)C2)ncc1C(N)=O. The first-order valence-electron chi connectivity index (χ1n) is 10.1. The van der Waals surface area contributed by atoms with Crippen LogP contribution in [0.15, 0.2) is 30.5 Å². The lowest BCUT2D eigenvalue weighted by Crippen LogP contribution is -2.41. The summed E-state index contributed by atoms with van der Waals surface area (Å²) in [6.07, 6.45) is -1.93. The van der Waals surface area contributed by atoms with Gasteiger partial charge >= 0.3 is 6.18 Å². The van der Waals surface area contributed by atoms with Gasteiger partial charge in [0, 0.05) is 25.2 Å². The zero-order valence-corrected chi connectivity index (χ0v) is 17.3. The lowest BCUT2D eigenvalue weighted by atomic mass is 9.96. The minimum atomic E-state index is -4.68. The van der Waals surface area contributed by atoms with E-state index in [0.29, 0.717) is 24.5 Å². The minimum Gasteiger partial charge on any atom is -0.365 e. The smallest absolute Gasteiger partial charge is 0.365 e. The average Bonchev–Trinajstić information content (AvgIpc) is 3.12. The normalized spacial score (nSPS) is 17.0. The predicted molar refractivity (Wildman–Crippen MR) is 109 cm³/mol. The van der Waals surface area contributed by atoms with Crippen LogP contribution < -0.4 is 5.73 Å². The van der Waals surface area contributed by atoms with Gasteiger partial charge in [-0.1, -0.05) is 12.1 Å². The van der Waals surface area contributed by atoms with E-state index >= 15 is 0 Å². The van der Waals surface area contributed by atoms with Crippen LogP contribution in [0.25, 0.3) is 11.0 Å². The van der Waals surface area contributed by atoms with Crippen LogP contribution in [-0.4, -0.2) is 49.3 Å². The van der Waals surface area contributed by atoms with E-state index in [2.05, 4.69) is 15.0 Å². The summed E-state index contributed by atoms with van der Waals surface area (Å²) in [7, 11) is 0. The molecule has 0 spiro atoms. The van der Waals surface area contributed by atoms with Crippen LogP contribution in [0.2, 0.25) is 0 Å². The summed E-state index contributed by atoms with van der Waals surface area (Å²) in [6.45, 7) is 1.90. The summed E-state index contributed by atoms with van der Waals surface area (Å²) < 4.78 is 41.5. The van der Waals surface area contributed by atoms with Crippen LogP contribution in [0.4, 0.5) is 13.2 Å². The van der Waals surface area contributed by atoms with Crippen LogP contribution in [0, 0.1) is 6.92 Å². The number of aromatic nitrogens is 4. The number of nitrogens with zero attached hydrogens (tertiary/aromatic N) is 5. The number of carbonyl (C=O) groups is 2. The standard InChI is InChI=1S/C21H21F3N6O2/c1-12-14(18(25)32)9-26-19(27-12)13-5-4-8-29(10-13)17(31)11-30-16-7-3-2-6-15(16)28-20(30)21(22,23)24/h2-3,6-7,9,13H,4-5,8,10-11H2,1H3,(H2,25,32). The Bertz CT molecular complexity index is 1190. The molecule has 11 heteroatoms. The average molecular weight is 446 g/mol.